The van der Waals surface area contributed by atoms with Crippen LogP contribution in [-0.2, 0) is 4.79 Å². The molecule has 0 aromatic rings. The van der Waals surface area contributed by atoms with Crippen LogP contribution in [0, 0.1) is 0 Å². The van der Waals surface area contributed by atoms with E-state index < -0.39 is 36.9 Å². The molecule has 4 atom stereocenters. The summed E-state index contributed by atoms with van der Waals surface area (Å²) in [6.07, 6.45) is 73.2. The van der Waals surface area contributed by atoms with Crippen molar-refractivity contribution in [2.24, 2.45) is 0 Å². The molecule has 0 aromatic heterocycles. The maximum Gasteiger partial charge on any atom is 0.249 e. The fraction of sp³-hybridized carbons (Fsp3) is 0.954. The number of rotatable bonds is 61. The van der Waals surface area contributed by atoms with Crippen LogP contribution in [0.15, 0.2) is 12.2 Å². The van der Waals surface area contributed by atoms with Crippen LogP contribution in [0.3, 0.4) is 0 Å². The van der Waals surface area contributed by atoms with Gasteiger partial charge in [0, 0.05) is 0 Å². The highest BCUT2D eigenvalue weighted by Gasteiger charge is 2.28. The number of amides is 1. The van der Waals surface area contributed by atoms with Gasteiger partial charge >= 0.3 is 0 Å². The van der Waals surface area contributed by atoms with Crippen molar-refractivity contribution in [2.45, 2.75) is 391 Å². The van der Waals surface area contributed by atoms with Gasteiger partial charge in [-0.25, -0.2) is 0 Å². The van der Waals surface area contributed by atoms with Crippen molar-refractivity contribution in [3.05, 3.63) is 12.2 Å². The van der Waals surface area contributed by atoms with Gasteiger partial charge in [0.1, 0.15) is 12.2 Å². The molecular weight excluding hydrogens is 875 g/mol. The summed E-state index contributed by atoms with van der Waals surface area (Å²) in [5, 5.41) is 44.1. The lowest BCUT2D eigenvalue weighted by Crippen LogP contribution is -2.53. The van der Waals surface area contributed by atoms with Crippen molar-refractivity contribution >= 4 is 5.91 Å². The minimum atomic E-state index is -1.26. The van der Waals surface area contributed by atoms with Crippen molar-refractivity contribution in [1.82, 2.24) is 5.32 Å². The van der Waals surface area contributed by atoms with E-state index in [1.165, 1.54) is 302 Å². The first-order valence-corrected chi connectivity index (χ1v) is 32.6. The zero-order valence-corrected chi connectivity index (χ0v) is 48.3. The van der Waals surface area contributed by atoms with Crippen LogP contribution in [0.2, 0.25) is 0 Å². The topological polar surface area (TPSA) is 110 Å². The van der Waals surface area contributed by atoms with Gasteiger partial charge in [0.2, 0.25) is 5.91 Å². The maximum atomic E-state index is 12.6. The molecule has 0 spiro atoms. The van der Waals surface area contributed by atoms with Gasteiger partial charge in [-0.3, -0.25) is 4.79 Å². The van der Waals surface area contributed by atoms with E-state index in [1.54, 1.807) is 0 Å². The van der Waals surface area contributed by atoms with Crippen LogP contribution in [0.1, 0.15) is 367 Å². The maximum absolute atomic E-state index is 12.6. The molecule has 0 aliphatic heterocycles. The molecule has 0 aliphatic rings. The molecule has 6 nitrogen and oxygen atoms in total. The molecule has 4 unspecified atom stereocenters. The van der Waals surface area contributed by atoms with Gasteiger partial charge in [-0.1, -0.05) is 341 Å². The van der Waals surface area contributed by atoms with Crippen LogP contribution in [0.25, 0.3) is 0 Å². The molecule has 0 fully saturated rings. The molecule has 5 N–H and O–H groups in total. The van der Waals surface area contributed by atoms with Crippen LogP contribution in [-0.4, -0.2) is 57.3 Å². The summed E-state index contributed by atoms with van der Waals surface area (Å²) >= 11 is 0. The molecule has 0 aromatic carbocycles. The highest BCUT2D eigenvalue weighted by Crippen LogP contribution is 2.19. The van der Waals surface area contributed by atoms with Crippen LogP contribution < -0.4 is 5.32 Å². The third-order valence-corrected chi connectivity index (χ3v) is 15.7. The second-order valence-corrected chi connectivity index (χ2v) is 22.8. The molecule has 71 heavy (non-hydrogen) atoms. The molecule has 1 amide bonds. The molecule has 6 heteroatoms. The number of carbonyl (C=O) groups is 1. The average Bonchev–Trinajstić information content (AvgIpc) is 3.38. The third kappa shape index (κ3) is 53.7. The van der Waals surface area contributed by atoms with E-state index in [2.05, 4.69) is 31.3 Å². The van der Waals surface area contributed by atoms with Gasteiger partial charge in [-0.05, 0) is 38.5 Å². The standard InChI is InChI=1S/C65H129NO5/c1-3-5-7-9-11-13-15-17-19-21-23-25-26-27-28-29-30-31-32-33-34-35-36-37-39-41-43-45-47-49-51-53-55-57-59-63(69)65(71)66-61(60-67)64(70)62(68)58-56-54-52-50-48-46-44-42-40-38-24-22-20-18-16-14-12-10-8-6-4-2/h29-30,61-64,67-70H,3-28,31-60H2,1-2H3,(H,66,71)/b30-29-. The lowest BCUT2D eigenvalue weighted by Gasteiger charge is -2.27. The Morgan fingerprint density at radius 1 is 0.338 bits per heavy atom. The highest BCUT2D eigenvalue weighted by molar-refractivity contribution is 5.80. The molecule has 0 bridgehead atoms. The molecule has 0 radical (unpaired) electrons. The fourth-order valence-corrected chi connectivity index (χ4v) is 10.6. The predicted molar refractivity (Wildman–Crippen MR) is 311 cm³/mol. The van der Waals surface area contributed by atoms with Crippen molar-refractivity contribution in [3.8, 4) is 0 Å². The average molecular weight is 1000 g/mol. The van der Waals surface area contributed by atoms with Gasteiger partial charge in [0.15, 0.2) is 0 Å². The first-order chi connectivity index (χ1) is 35.0. The molecule has 424 valence electrons. The Hall–Kier alpha value is -0.950. The number of aliphatic hydroxyl groups is 4. The van der Waals surface area contributed by atoms with Gasteiger partial charge in [0.25, 0.3) is 0 Å². The Morgan fingerprint density at radius 3 is 0.817 bits per heavy atom. The lowest BCUT2D eigenvalue weighted by atomic mass is 9.99. The summed E-state index contributed by atoms with van der Waals surface area (Å²) in [4.78, 5) is 12.6. The van der Waals surface area contributed by atoms with E-state index in [-0.39, 0.29) is 0 Å². The number of allylic oxidation sites excluding steroid dienone is 2. The van der Waals surface area contributed by atoms with Crippen LogP contribution >= 0.6 is 0 Å². The van der Waals surface area contributed by atoms with E-state index in [4.69, 9.17) is 0 Å². The normalized spacial score (nSPS) is 13.6. The quantitative estimate of drug-likeness (QED) is 0.0308. The molecule has 0 saturated heterocycles. The Bertz CT molecular complexity index is 1040. The lowest BCUT2D eigenvalue weighted by molar-refractivity contribution is -0.132. The summed E-state index contributed by atoms with van der Waals surface area (Å²) in [7, 11) is 0. The molecular formula is C65H129NO5. The minimum absolute atomic E-state index is 0.374. The fourth-order valence-electron chi connectivity index (χ4n) is 10.6. The molecule has 0 aliphatic carbocycles. The van der Waals surface area contributed by atoms with Crippen molar-refractivity contribution in [3.63, 3.8) is 0 Å². The third-order valence-electron chi connectivity index (χ3n) is 15.7. The minimum Gasteiger partial charge on any atom is -0.394 e. The largest absolute Gasteiger partial charge is 0.394 e. The number of aliphatic hydroxyl groups excluding tert-OH is 4. The molecule has 0 rings (SSSR count). The van der Waals surface area contributed by atoms with E-state index in [1.807, 2.05) is 0 Å². The Morgan fingerprint density at radius 2 is 0.563 bits per heavy atom. The van der Waals surface area contributed by atoms with Gasteiger partial charge in [-0.15, -0.1) is 0 Å². The van der Waals surface area contributed by atoms with E-state index in [0.717, 1.165) is 38.5 Å². The molecule has 0 heterocycles. The smallest absolute Gasteiger partial charge is 0.249 e. The number of nitrogens with one attached hydrogen (secondary N) is 1. The number of hydrogen-bond acceptors (Lipinski definition) is 5. The first kappa shape index (κ1) is 70.1. The van der Waals surface area contributed by atoms with Gasteiger partial charge in [-0.2, -0.15) is 0 Å². The summed E-state index contributed by atoms with van der Waals surface area (Å²) in [5.74, 6) is -0.576. The summed E-state index contributed by atoms with van der Waals surface area (Å²) in [5.41, 5.74) is 0. The van der Waals surface area contributed by atoms with Crippen LogP contribution in [0.4, 0.5) is 0 Å². The second kappa shape index (κ2) is 59.9. The number of unbranched alkanes of at least 4 members (excludes halogenated alkanes) is 50. The Kier molecular flexibility index (Phi) is 59.1. The van der Waals surface area contributed by atoms with Crippen molar-refractivity contribution < 1.29 is 25.2 Å². The summed E-state index contributed by atoms with van der Waals surface area (Å²) < 4.78 is 0. The first-order valence-electron chi connectivity index (χ1n) is 32.6. The summed E-state index contributed by atoms with van der Waals surface area (Å²) in [6.45, 7) is 4.11. The highest BCUT2D eigenvalue weighted by atomic mass is 16.3. The monoisotopic (exact) mass is 1000 g/mol. The van der Waals surface area contributed by atoms with Crippen LogP contribution in [0.5, 0.6) is 0 Å². The summed E-state index contributed by atoms with van der Waals surface area (Å²) in [6, 6.07) is -0.983. The zero-order valence-electron chi connectivity index (χ0n) is 48.3. The van der Waals surface area contributed by atoms with Gasteiger partial charge < -0.3 is 25.7 Å². The van der Waals surface area contributed by atoms with Gasteiger partial charge in [0.05, 0.1) is 18.8 Å². The van der Waals surface area contributed by atoms with E-state index in [0.29, 0.717) is 12.8 Å². The molecule has 0 saturated carbocycles. The Balaban J connectivity index is 3.53. The van der Waals surface area contributed by atoms with E-state index >= 15 is 0 Å². The van der Waals surface area contributed by atoms with E-state index in [9.17, 15) is 25.2 Å². The SMILES string of the molecule is CCCCCCCCCCCCCCCC/C=C\CCCCCCCCCCCCCCCCCCC(O)C(=O)NC(CO)C(O)C(O)CCCCCCCCCCCCCCCCCCCCCCC. The Labute approximate surface area is 444 Å². The zero-order chi connectivity index (χ0) is 51.6. The predicted octanol–water partition coefficient (Wildman–Crippen LogP) is 19.6. The van der Waals surface area contributed by atoms with Crippen molar-refractivity contribution in [2.75, 3.05) is 6.61 Å². The van der Waals surface area contributed by atoms with Crippen molar-refractivity contribution in [1.29, 1.82) is 0 Å². The second-order valence-electron chi connectivity index (χ2n) is 22.8. The number of carbonyl (C=O) groups excluding carboxylic acids is 1. The number of hydrogen-bond donors (Lipinski definition) is 5.